The number of imidazole rings is 1. The number of carbonyl (C=O) groups excluding carboxylic acids is 1. The van der Waals surface area contributed by atoms with Gasteiger partial charge < -0.3 is 4.90 Å². The summed E-state index contributed by atoms with van der Waals surface area (Å²) in [6.07, 6.45) is -0.274. The van der Waals surface area contributed by atoms with Gasteiger partial charge >= 0.3 is 6.18 Å². The minimum absolute atomic E-state index is 0.0412. The van der Waals surface area contributed by atoms with Crippen LogP contribution in [0.1, 0.15) is 62.0 Å². The van der Waals surface area contributed by atoms with Crippen molar-refractivity contribution < 1.29 is 18.0 Å². The number of hydrogen-bond acceptors (Lipinski definition) is 3. The predicted octanol–water partition coefficient (Wildman–Crippen LogP) is 3.77. The molecule has 1 aliphatic heterocycles. The summed E-state index contributed by atoms with van der Waals surface area (Å²) in [5.41, 5.74) is -0.0138. The molecule has 140 valence electrons. The summed E-state index contributed by atoms with van der Waals surface area (Å²) in [6, 6.07) is 3.34. The molecule has 1 saturated heterocycles. The molecule has 0 radical (unpaired) electrons. The lowest BCUT2D eigenvalue weighted by molar-refractivity contribution is -0.142. The number of hydrogen-bond donors (Lipinski definition) is 0. The van der Waals surface area contributed by atoms with Crippen LogP contribution in [0.5, 0.6) is 0 Å². The maximum atomic E-state index is 13.5. The number of nitrogens with zero attached hydrogens (tertiary/aromatic N) is 4. The second-order valence-corrected chi connectivity index (χ2v) is 7.34. The molecule has 2 aromatic rings. The van der Waals surface area contributed by atoms with E-state index in [0.717, 1.165) is 31.4 Å². The van der Waals surface area contributed by atoms with Gasteiger partial charge in [-0.2, -0.15) is 18.3 Å². The van der Waals surface area contributed by atoms with Crippen LogP contribution >= 0.6 is 0 Å². The van der Waals surface area contributed by atoms with Crippen LogP contribution in [0.4, 0.5) is 13.2 Å². The molecule has 2 aliphatic rings. The molecule has 2 fully saturated rings. The highest BCUT2D eigenvalue weighted by Gasteiger charge is 2.40. The number of carbonyl (C=O) groups is 1. The Bertz CT molecular complexity index is 841. The lowest BCUT2D eigenvalue weighted by Gasteiger charge is -2.17. The fourth-order valence-corrected chi connectivity index (χ4v) is 3.75. The van der Waals surface area contributed by atoms with Gasteiger partial charge in [-0.3, -0.25) is 4.79 Å². The first-order valence-electron chi connectivity index (χ1n) is 9.10. The second kappa shape index (κ2) is 6.25. The number of likely N-dealkylation sites (tertiary alicyclic amines) is 1. The van der Waals surface area contributed by atoms with Gasteiger partial charge in [-0.1, -0.05) is 13.3 Å². The molecule has 1 unspecified atom stereocenters. The zero-order valence-electron chi connectivity index (χ0n) is 14.6. The minimum atomic E-state index is -4.58. The van der Waals surface area contributed by atoms with Gasteiger partial charge in [0.2, 0.25) is 5.91 Å². The highest BCUT2D eigenvalue weighted by Crippen LogP contribution is 2.39. The average Bonchev–Trinajstić information content (AvgIpc) is 3.28. The SMILES string of the molecule is CCCC1CC(=O)N(Cc2c(C(F)(F)F)nc3ccc(C4CC4)nn23)C1. The normalized spacial score (nSPS) is 21.2. The van der Waals surface area contributed by atoms with Gasteiger partial charge in [-0.05, 0) is 37.3 Å². The summed E-state index contributed by atoms with van der Waals surface area (Å²) >= 11 is 0. The van der Waals surface area contributed by atoms with E-state index in [2.05, 4.69) is 10.1 Å². The molecule has 5 nitrogen and oxygen atoms in total. The lowest BCUT2D eigenvalue weighted by atomic mass is 10.0. The second-order valence-electron chi connectivity index (χ2n) is 7.34. The Morgan fingerprint density at radius 1 is 1.27 bits per heavy atom. The Hall–Kier alpha value is -2.12. The topological polar surface area (TPSA) is 50.5 Å². The largest absolute Gasteiger partial charge is 0.435 e. The molecule has 8 heteroatoms. The Labute approximate surface area is 149 Å². The van der Waals surface area contributed by atoms with E-state index < -0.39 is 11.9 Å². The molecule has 1 aliphatic carbocycles. The summed E-state index contributed by atoms with van der Waals surface area (Å²) in [6.45, 7) is 2.44. The third-order valence-electron chi connectivity index (χ3n) is 5.19. The Balaban J connectivity index is 1.71. The van der Waals surface area contributed by atoms with Crippen LogP contribution in [0.25, 0.3) is 5.65 Å². The molecule has 1 amide bonds. The number of rotatable bonds is 5. The van der Waals surface area contributed by atoms with Crippen LogP contribution in [-0.2, 0) is 17.5 Å². The number of aromatic nitrogens is 3. The summed E-state index contributed by atoms with van der Waals surface area (Å²) in [5.74, 6) is 0.451. The standard InChI is InChI=1S/C18H21F3N4O/c1-2-3-11-8-16(26)24(9-11)10-14-17(18(19,20)21)22-15-7-6-13(12-4-5-12)23-25(14)15/h6-7,11-12H,2-5,8-10H2,1H3. The number of fused-ring (bicyclic) bond motifs is 1. The summed E-state index contributed by atoms with van der Waals surface area (Å²) in [4.78, 5) is 17.5. The molecule has 4 rings (SSSR count). The zero-order chi connectivity index (χ0) is 18.5. The molecule has 2 aromatic heterocycles. The monoisotopic (exact) mass is 366 g/mol. The molecular weight excluding hydrogens is 345 g/mol. The van der Waals surface area contributed by atoms with E-state index in [1.807, 2.05) is 6.92 Å². The van der Waals surface area contributed by atoms with Crippen molar-refractivity contribution in [2.24, 2.45) is 5.92 Å². The fourth-order valence-electron chi connectivity index (χ4n) is 3.75. The summed E-state index contributed by atoms with van der Waals surface area (Å²) in [5, 5.41) is 4.41. The maximum Gasteiger partial charge on any atom is 0.435 e. The molecular formula is C18H21F3N4O. The van der Waals surface area contributed by atoms with E-state index in [0.29, 0.717) is 18.9 Å². The van der Waals surface area contributed by atoms with Crippen molar-refractivity contribution in [3.05, 3.63) is 29.2 Å². The molecule has 0 spiro atoms. The van der Waals surface area contributed by atoms with Crippen LogP contribution in [-0.4, -0.2) is 31.9 Å². The summed E-state index contributed by atoms with van der Waals surface area (Å²) in [7, 11) is 0. The maximum absolute atomic E-state index is 13.5. The van der Waals surface area contributed by atoms with Gasteiger partial charge in [0.25, 0.3) is 0 Å². The van der Waals surface area contributed by atoms with E-state index in [9.17, 15) is 18.0 Å². The molecule has 0 N–H and O–H groups in total. The molecule has 1 atom stereocenters. The average molecular weight is 366 g/mol. The number of halogens is 3. The number of amides is 1. The van der Waals surface area contributed by atoms with Crippen molar-refractivity contribution in [3.63, 3.8) is 0 Å². The van der Waals surface area contributed by atoms with Gasteiger partial charge in [0.1, 0.15) is 0 Å². The lowest BCUT2D eigenvalue weighted by Crippen LogP contribution is -2.27. The minimum Gasteiger partial charge on any atom is -0.336 e. The quantitative estimate of drug-likeness (QED) is 0.809. The molecule has 26 heavy (non-hydrogen) atoms. The van der Waals surface area contributed by atoms with Gasteiger partial charge in [0.05, 0.1) is 17.9 Å². The van der Waals surface area contributed by atoms with E-state index in [-0.39, 0.29) is 29.7 Å². The van der Waals surface area contributed by atoms with Crippen LogP contribution in [0.15, 0.2) is 12.1 Å². The fraction of sp³-hybridized carbons (Fsp3) is 0.611. The van der Waals surface area contributed by atoms with Crippen molar-refractivity contribution in [1.29, 1.82) is 0 Å². The Kier molecular flexibility index (Phi) is 4.16. The highest BCUT2D eigenvalue weighted by molar-refractivity contribution is 5.78. The first-order chi connectivity index (χ1) is 12.4. The van der Waals surface area contributed by atoms with Crippen molar-refractivity contribution in [1.82, 2.24) is 19.5 Å². The summed E-state index contributed by atoms with van der Waals surface area (Å²) < 4.78 is 41.8. The zero-order valence-corrected chi connectivity index (χ0v) is 14.6. The van der Waals surface area contributed by atoms with E-state index in [1.54, 1.807) is 12.1 Å². The van der Waals surface area contributed by atoms with Gasteiger partial charge in [-0.15, -0.1) is 0 Å². The third kappa shape index (κ3) is 3.17. The van der Waals surface area contributed by atoms with Gasteiger partial charge in [0, 0.05) is 18.9 Å². The van der Waals surface area contributed by atoms with Crippen LogP contribution in [0.3, 0.4) is 0 Å². The van der Waals surface area contributed by atoms with Crippen molar-refractivity contribution in [2.75, 3.05) is 6.54 Å². The van der Waals surface area contributed by atoms with Crippen LogP contribution in [0, 0.1) is 5.92 Å². The first-order valence-corrected chi connectivity index (χ1v) is 9.10. The van der Waals surface area contributed by atoms with E-state index in [1.165, 1.54) is 9.42 Å². The van der Waals surface area contributed by atoms with Crippen molar-refractivity contribution in [2.45, 2.75) is 57.7 Å². The molecule has 3 heterocycles. The van der Waals surface area contributed by atoms with Crippen LogP contribution in [0.2, 0.25) is 0 Å². The van der Waals surface area contributed by atoms with Gasteiger partial charge in [0.15, 0.2) is 11.3 Å². The number of alkyl halides is 3. The molecule has 0 bridgehead atoms. The molecule has 0 aromatic carbocycles. The van der Waals surface area contributed by atoms with Gasteiger partial charge in [-0.25, -0.2) is 9.50 Å². The highest BCUT2D eigenvalue weighted by atomic mass is 19.4. The van der Waals surface area contributed by atoms with Crippen molar-refractivity contribution in [3.8, 4) is 0 Å². The van der Waals surface area contributed by atoms with Crippen LogP contribution < -0.4 is 0 Å². The first kappa shape index (κ1) is 17.3. The van der Waals surface area contributed by atoms with Crippen molar-refractivity contribution >= 4 is 11.6 Å². The van der Waals surface area contributed by atoms with E-state index in [4.69, 9.17) is 0 Å². The Morgan fingerprint density at radius 3 is 2.69 bits per heavy atom. The smallest absolute Gasteiger partial charge is 0.336 e. The van der Waals surface area contributed by atoms with E-state index >= 15 is 0 Å². The third-order valence-corrected chi connectivity index (χ3v) is 5.19. The molecule has 1 saturated carbocycles. The predicted molar refractivity (Wildman–Crippen MR) is 88.4 cm³/mol. The Morgan fingerprint density at radius 2 is 2.04 bits per heavy atom.